The molecule has 1 atom stereocenters. The molecule has 0 aliphatic carbocycles. The van der Waals surface area contributed by atoms with Gasteiger partial charge in [-0.05, 0) is 54.3 Å². The van der Waals surface area contributed by atoms with E-state index in [1.165, 1.54) is 0 Å². The number of hydrogen-bond donors (Lipinski definition) is 1. The highest BCUT2D eigenvalue weighted by Gasteiger charge is 2.24. The van der Waals surface area contributed by atoms with E-state index < -0.39 is 11.9 Å². The summed E-state index contributed by atoms with van der Waals surface area (Å²) in [7, 11) is 0. The Balaban J connectivity index is 1.81. The van der Waals surface area contributed by atoms with Gasteiger partial charge in [0.2, 0.25) is 0 Å². The molecule has 0 amide bonds. The summed E-state index contributed by atoms with van der Waals surface area (Å²) in [6, 6.07) is 18.4. The normalized spacial score (nSPS) is 11.6. The minimum absolute atomic E-state index is 0.0665. The smallest absolute Gasteiger partial charge is 0.303 e. The van der Waals surface area contributed by atoms with Gasteiger partial charge < -0.3 is 9.84 Å². The molecule has 5 nitrogen and oxygen atoms in total. The second-order valence-electron chi connectivity index (χ2n) is 6.88. The van der Waals surface area contributed by atoms with E-state index in [9.17, 15) is 9.59 Å². The summed E-state index contributed by atoms with van der Waals surface area (Å²) in [6.07, 6.45) is 3.59. The number of ether oxygens (including phenoxy) is 1. The number of carbonyl (C=O) groups excluding carboxylic acids is 1. The topological polar surface area (TPSA) is 76.5 Å². The summed E-state index contributed by atoms with van der Waals surface area (Å²) in [5, 5.41) is 9.12. The zero-order chi connectivity index (χ0) is 20.6. The molecule has 0 saturated carbocycles. The molecule has 0 bridgehead atoms. The van der Waals surface area contributed by atoms with Gasteiger partial charge in [-0.2, -0.15) is 0 Å². The van der Waals surface area contributed by atoms with E-state index in [-0.39, 0.29) is 18.6 Å². The maximum atomic E-state index is 13.3. The van der Waals surface area contributed by atoms with Crippen molar-refractivity contribution in [2.24, 2.45) is 0 Å². The lowest BCUT2D eigenvalue weighted by Gasteiger charge is -2.18. The maximum absolute atomic E-state index is 13.3. The van der Waals surface area contributed by atoms with Crippen molar-refractivity contribution >= 4 is 11.8 Å². The lowest BCUT2D eigenvalue weighted by atomic mass is 9.85. The lowest BCUT2D eigenvalue weighted by molar-refractivity contribution is -0.137. The van der Waals surface area contributed by atoms with Crippen molar-refractivity contribution in [1.82, 2.24) is 4.98 Å². The van der Waals surface area contributed by atoms with Crippen molar-refractivity contribution in [3.05, 3.63) is 95.3 Å². The van der Waals surface area contributed by atoms with Crippen LogP contribution in [-0.4, -0.2) is 21.8 Å². The van der Waals surface area contributed by atoms with Crippen LogP contribution >= 0.6 is 0 Å². The Morgan fingerprint density at radius 3 is 2.52 bits per heavy atom. The Hall–Kier alpha value is -3.47. The van der Waals surface area contributed by atoms with E-state index in [0.717, 1.165) is 16.7 Å². The van der Waals surface area contributed by atoms with Gasteiger partial charge in [0.05, 0.1) is 0 Å². The van der Waals surface area contributed by atoms with Gasteiger partial charge >= 0.3 is 5.97 Å². The van der Waals surface area contributed by atoms with Gasteiger partial charge in [-0.15, -0.1) is 0 Å². The highest BCUT2D eigenvalue weighted by atomic mass is 16.5. The molecule has 148 valence electrons. The molecule has 0 radical (unpaired) electrons. The van der Waals surface area contributed by atoms with Crippen molar-refractivity contribution in [2.45, 2.75) is 32.3 Å². The summed E-state index contributed by atoms with van der Waals surface area (Å²) < 4.78 is 5.82. The minimum atomic E-state index is -0.911. The Morgan fingerprint density at radius 2 is 1.79 bits per heavy atom. The zero-order valence-corrected chi connectivity index (χ0v) is 16.2. The molecule has 3 rings (SSSR count). The molecule has 1 heterocycles. The number of aryl methyl sites for hydroxylation is 1. The number of Topliss-reactive ketones (excluding diaryl/α,β-unsaturated/α-hetero) is 1. The van der Waals surface area contributed by atoms with Crippen LogP contribution in [0.1, 0.15) is 45.8 Å². The first-order chi connectivity index (χ1) is 14.0. The summed E-state index contributed by atoms with van der Waals surface area (Å²) >= 11 is 0. The van der Waals surface area contributed by atoms with Crippen LogP contribution in [0.4, 0.5) is 0 Å². The quantitative estimate of drug-likeness (QED) is 0.532. The number of carbonyl (C=O) groups is 2. The molecular weight excluding hydrogens is 366 g/mol. The van der Waals surface area contributed by atoms with Crippen LogP contribution in [0.15, 0.2) is 73.1 Å². The number of nitrogens with zero attached hydrogens (tertiary/aromatic N) is 1. The first-order valence-corrected chi connectivity index (χ1v) is 9.48. The molecule has 1 unspecified atom stereocenters. The van der Waals surface area contributed by atoms with Crippen LogP contribution in [-0.2, 0) is 11.4 Å². The van der Waals surface area contributed by atoms with Gasteiger partial charge in [0.1, 0.15) is 12.4 Å². The molecule has 3 aromatic rings. The number of benzene rings is 2. The van der Waals surface area contributed by atoms with Crippen LogP contribution in [0, 0.1) is 6.92 Å². The summed E-state index contributed by atoms with van der Waals surface area (Å²) in [5.41, 5.74) is 3.33. The first kappa shape index (κ1) is 20.3. The SMILES string of the molecule is Cc1ccccc1C(CCC(=O)O)C(=O)c1cccc(OCc2ccncc2)c1. The third kappa shape index (κ3) is 5.51. The predicted octanol–water partition coefficient (Wildman–Crippen LogP) is 4.80. The van der Waals surface area contributed by atoms with Crippen molar-refractivity contribution in [2.75, 3.05) is 0 Å². The van der Waals surface area contributed by atoms with E-state index in [0.29, 0.717) is 17.9 Å². The maximum Gasteiger partial charge on any atom is 0.303 e. The van der Waals surface area contributed by atoms with Crippen molar-refractivity contribution < 1.29 is 19.4 Å². The molecule has 0 fully saturated rings. The summed E-state index contributed by atoms with van der Waals surface area (Å²) in [4.78, 5) is 28.4. The lowest BCUT2D eigenvalue weighted by Crippen LogP contribution is -2.16. The molecule has 0 aliphatic heterocycles. The summed E-state index contributed by atoms with van der Waals surface area (Å²) in [5.74, 6) is -0.932. The van der Waals surface area contributed by atoms with Crippen LogP contribution in [0.5, 0.6) is 5.75 Å². The van der Waals surface area contributed by atoms with E-state index in [1.807, 2.05) is 43.3 Å². The van der Waals surface area contributed by atoms with E-state index in [1.54, 1.807) is 36.7 Å². The van der Waals surface area contributed by atoms with E-state index in [4.69, 9.17) is 9.84 Å². The molecular formula is C24H23NO4. The number of carboxylic acid groups (broad SMARTS) is 1. The van der Waals surface area contributed by atoms with Crippen molar-refractivity contribution in [1.29, 1.82) is 0 Å². The number of aromatic nitrogens is 1. The van der Waals surface area contributed by atoms with Crippen LogP contribution < -0.4 is 4.74 Å². The van der Waals surface area contributed by atoms with E-state index in [2.05, 4.69) is 4.98 Å². The van der Waals surface area contributed by atoms with E-state index >= 15 is 0 Å². The van der Waals surface area contributed by atoms with Crippen LogP contribution in [0.3, 0.4) is 0 Å². The number of hydrogen-bond acceptors (Lipinski definition) is 4. The van der Waals surface area contributed by atoms with Crippen molar-refractivity contribution in [3.63, 3.8) is 0 Å². The highest BCUT2D eigenvalue weighted by Crippen LogP contribution is 2.29. The molecule has 0 aliphatic rings. The van der Waals surface area contributed by atoms with Gasteiger partial charge in [0.15, 0.2) is 5.78 Å². The summed E-state index contributed by atoms with van der Waals surface area (Å²) in [6.45, 7) is 2.31. The Bertz CT molecular complexity index is 985. The minimum Gasteiger partial charge on any atom is -0.489 e. The third-order valence-electron chi connectivity index (χ3n) is 4.80. The highest BCUT2D eigenvalue weighted by molar-refractivity contribution is 6.01. The fourth-order valence-electron chi connectivity index (χ4n) is 3.26. The van der Waals surface area contributed by atoms with Gasteiger partial charge in [-0.25, -0.2) is 0 Å². The number of carboxylic acids is 1. The van der Waals surface area contributed by atoms with Gasteiger partial charge in [0, 0.05) is 30.3 Å². The Labute approximate surface area is 170 Å². The monoisotopic (exact) mass is 389 g/mol. The zero-order valence-electron chi connectivity index (χ0n) is 16.2. The average Bonchev–Trinajstić information content (AvgIpc) is 2.74. The molecule has 29 heavy (non-hydrogen) atoms. The number of ketones is 1. The van der Waals surface area contributed by atoms with Gasteiger partial charge in [-0.3, -0.25) is 14.6 Å². The third-order valence-corrected chi connectivity index (χ3v) is 4.80. The molecule has 0 saturated heterocycles. The number of pyridine rings is 1. The molecule has 5 heteroatoms. The molecule has 1 N–H and O–H groups in total. The molecule has 1 aromatic heterocycles. The Morgan fingerprint density at radius 1 is 1.03 bits per heavy atom. The second kappa shape index (κ2) is 9.64. The van der Waals surface area contributed by atoms with Gasteiger partial charge in [-0.1, -0.05) is 36.4 Å². The standard InChI is InChI=1S/C24H23NO4/c1-17-5-2-3-8-21(17)22(9-10-23(26)27)24(28)19-6-4-7-20(15-19)29-16-18-11-13-25-14-12-18/h2-8,11-15,22H,9-10,16H2,1H3,(H,26,27). The van der Waals surface area contributed by atoms with Gasteiger partial charge in [0.25, 0.3) is 0 Å². The number of aliphatic carboxylic acids is 1. The predicted molar refractivity (Wildman–Crippen MR) is 110 cm³/mol. The molecule has 0 spiro atoms. The fourth-order valence-corrected chi connectivity index (χ4v) is 3.26. The average molecular weight is 389 g/mol. The van der Waals surface area contributed by atoms with Crippen molar-refractivity contribution in [3.8, 4) is 5.75 Å². The Kier molecular flexibility index (Phi) is 6.74. The van der Waals surface area contributed by atoms with Crippen LogP contribution in [0.25, 0.3) is 0 Å². The largest absolute Gasteiger partial charge is 0.489 e. The van der Waals surface area contributed by atoms with Crippen LogP contribution in [0.2, 0.25) is 0 Å². The second-order valence-corrected chi connectivity index (χ2v) is 6.88. The fraction of sp³-hybridized carbons (Fsp3) is 0.208. The first-order valence-electron chi connectivity index (χ1n) is 9.48. The molecule has 2 aromatic carbocycles. The number of rotatable bonds is 9.